The minimum absolute atomic E-state index is 0.00174. The Morgan fingerprint density at radius 3 is 1.24 bits per heavy atom. The molecule has 0 spiro atoms. The first kappa shape index (κ1) is 70.2. The molecule has 72 heavy (non-hydrogen) atoms. The van der Waals surface area contributed by atoms with E-state index in [0.29, 0.717) is 17.4 Å². The summed E-state index contributed by atoms with van der Waals surface area (Å²) in [6, 6.07) is -0.889. The number of allylic oxidation sites excluding steroid dienone is 9. The molecule has 8 nitrogen and oxygen atoms in total. The Labute approximate surface area is 447 Å². The number of phosphoric ester groups is 1. The number of hydrogen-bond acceptors (Lipinski definition) is 6. The molecule has 3 unspecified atom stereocenters. The van der Waals surface area contributed by atoms with Crippen molar-refractivity contribution in [3.63, 3.8) is 0 Å². The summed E-state index contributed by atoms with van der Waals surface area (Å²) in [5.41, 5.74) is 0. The van der Waals surface area contributed by atoms with E-state index in [1.54, 1.807) is 6.08 Å². The molecule has 0 aliphatic rings. The van der Waals surface area contributed by atoms with Crippen LogP contribution in [0.1, 0.15) is 284 Å². The number of nitrogens with one attached hydrogen (secondary N) is 1. The SMILES string of the molecule is CC/C=C\C/C=C\C/C=C\C/C=C\CCCCCCCCCCCCCCCCC(=O)NC(COP(=O)([O-])OCC[N+](C)(C)C)C(O)/C=C/CCCCCCCCCCCCCCCCCCCCCCC. The average molecular weight is 1030 g/mol. The van der Waals surface area contributed by atoms with Crippen LogP contribution in [0.2, 0.25) is 0 Å². The van der Waals surface area contributed by atoms with Gasteiger partial charge in [-0.25, -0.2) is 0 Å². The maximum Gasteiger partial charge on any atom is 0.268 e. The third-order valence-electron chi connectivity index (χ3n) is 13.7. The van der Waals surface area contributed by atoms with Crippen LogP contribution >= 0.6 is 7.82 Å². The molecule has 0 rings (SSSR count). The van der Waals surface area contributed by atoms with Gasteiger partial charge < -0.3 is 28.8 Å². The second-order valence-corrected chi connectivity index (χ2v) is 23.4. The molecule has 422 valence electrons. The predicted molar refractivity (Wildman–Crippen MR) is 311 cm³/mol. The van der Waals surface area contributed by atoms with Crippen LogP contribution in [0.3, 0.4) is 0 Å². The van der Waals surface area contributed by atoms with Gasteiger partial charge in [0.05, 0.1) is 39.9 Å². The van der Waals surface area contributed by atoms with Crippen LogP contribution < -0.4 is 10.2 Å². The molecule has 0 aromatic rings. The molecule has 0 radical (unpaired) electrons. The van der Waals surface area contributed by atoms with Crippen LogP contribution in [0.5, 0.6) is 0 Å². The Balaban J connectivity index is 4.16. The van der Waals surface area contributed by atoms with Gasteiger partial charge in [0.1, 0.15) is 13.2 Å². The first-order chi connectivity index (χ1) is 35.0. The number of likely N-dealkylation sites (N-methyl/N-ethyl adjacent to an activating group) is 1. The van der Waals surface area contributed by atoms with E-state index >= 15 is 0 Å². The average Bonchev–Trinajstić information content (AvgIpc) is 3.34. The molecule has 1 amide bonds. The largest absolute Gasteiger partial charge is 0.756 e. The molecule has 2 N–H and O–H groups in total. The van der Waals surface area contributed by atoms with Gasteiger partial charge in [-0.3, -0.25) is 9.36 Å². The summed E-state index contributed by atoms with van der Waals surface area (Å²) in [5.74, 6) is -0.196. The molecule has 3 atom stereocenters. The fourth-order valence-electron chi connectivity index (χ4n) is 8.97. The van der Waals surface area contributed by atoms with Crippen molar-refractivity contribution in [1.82, 2.24) is 5.32 Å². The topological polar surface area (TPSA) is 108 Å². The van der Waals surface area contributed by atoms with Gasteiger partial charge in [0.15, 0.2) is 0 Å². The quantitative estimate of drug-likeness (QED) is 0.0272. The van der Waals surface area contributed by atoms with Crippen molar-refractivity contribution in [3.05, 3.63) is 60.8 Å². The zero-order chi connectivity index (χ0) is 52.7. The van der Waals surface area contributed by atoms with Crippen molar-refractivity contribution in [3.8, 4) is 0 Å². The molecule has 0 fully saturated rings. The van der Waals surface area contributed by atoms with Gasteiger partial charge in [-0.05, 0) is 57.8 Å². The number of rotatable bonds is 56. The van der Waals surface area contributed by atoms with Gasteiger partial charge in [-0.2, -0.15) is 0 Å². The van der Waals surface area contributed by atoms with Crippen LogP contribution in [0.4, 0.5) is 0 Å². The third-order valence-corrected chi connectivity index (χ3v) is 14.7. The van der Waals surface area contributed by atoms with Gasteiger partial charge in [-0.15, -0.1) is 0 Å². The van der Waals surface area contributed by atoms with Gasteiger partial charge in [0.2, 0.25) is 5.91 Å². The monoisotopic (exact) mass is 1030 g/mol. The molecule has 0 aromatic heterocycles. The summed E-state index contributed by atoms with van der Waals surface area (Å²) in [4.78, 5) is 25.6. The normalized spacial score (nSPS) is 14.3. The molecule has 9 heteroatoms. The molecule has 0 saturated carbocycles. The Hall–Kier alpha value is -1.80. The highest BCUT2D eigenvalue weighted by atomic mass is 31.2. The molecular formula is C63H119N2O6P. The molecule has 0 saturated heterocycles. The van der Waals surface area contributed by atoms with E-state index in [1.807, 2.05) is 27.2 Å². The lowest BCUT2D eigenvalue weighted by Crippen LogP contribution is -2.45. The predicted octanol–water partition coefficient (Wildman–Crippen LogP) is 18.2. The van der Waals surface area contributed by atoms with E-state index in [9.17, 15) is 19.4 Å². The standard InChI is InChI=1S/C63H119N2O6P/c1-6-8-10-12-14-16-18-20-22-24-26-28-30-31-32-33-35-37-39-41-43-45-47-49-51-53-55-57-63(67)64-61(60-71-72(68,69)70-59-58-65(3,4)5)62(66)56-54-52-50-48-46-44-42-40-38-36-34-29-27-25-23-21-19-17-15-13-11-9-7-2/h8,10,14,16,20,22,26,28,54,56,61-62,66H,6-7,9,11-13,15,17-19,21,23-25,27,29-53,55,57-60H2,1-5H3,(H-,64,67,68,69)/b10-8-,16-14-,22-20-,28-26-,56-54+. The Bertz CT molecular complexity index is 1360. The molecule has 0 bridgehead atoms. The third kappa shape index (κ3) is 55.9. The van der Waals surface area contributed by atoms with E-state index < -0.39 is 20.0 Å². The first-order valence-electron chi connectivity index (χ1n) is 30.7. The minimum atomic E-state index is -4.60. The van der Waals surface area contributed by atoms with Gasteiger partial charge in [-0.1, -0.05) is 280 Å². The van der Waals surface area contributed by atoms with Crippen LogP contribution in [-0.4, -0.2) is 68.5 Å². The Morgan fingerprint density at radius 1 is 0.500 bits per heavy atom. The van der Waals surface area contributed by atoms with Crippen LogP contribution in [-0.2, 0) is 18.4 Å². The molecule has 0 aliphatic heterocycles. The number of amides is 1. The zero-order valence-corrected chi connectivity index (χ0v) is 49.0. The van der Waals surface area contributed by atoms with Crippen LogP contribution in [0.25, 0.3) is 0 Å². The van der Waals surface area contributed by atoms with E-state index in [4.69, 9.17) is 9.05 Å². The maximum absolute atomic E-state index is 13.0. The lowest BCUT2D eigenvalue weighted by molar-refractivity contribution is -0.870. The van der Waals surface area contributed by atoms with Crippen molar-refractivity contribution in [1.29, 1.82) is 0 Å². The second kappa shape index (κ2) is 54.0. The molecule has 0 heterocycles. The van der Waals surface area contributed by atoms with Crippen molar-refractivity contribution in [2.24, 2.45) is 0 Å². The smallest absolute Gasteiger partial charge is 0.268 e. The molecular weight excluding hydrogens is 912 g/mol. The highest BCUT2D eigenvalue weighted by Gasteiger charge is 2.23. The van der Waals surface area contributed by atoms with E-state index in [0.717, 1.165) is 64.2 Å². The summed E-state index contributed by atoms with van der Waals surface area (Å²) in [6.07, 6.45) is 73.0. The number of hydrogen-bond donors (Lipinski definition) is 2. The number of carbonyl (C=O) groups is 1. The highest BCUT2D eigenvalue weighted by Crippen LogP contribution is 2.38. The summed E-state index contributed by atoms with van der Waals surface area (Å²) >= 11 is 0. The van der Waals surface area contributed by atoms with E-state index in [1.165, 1.54) is 199 Å². The van der Waals surface area contributed by atoms with Crippen LogP contribution in [0.15, 0.2) is 60.8 Å². The van der Waals surface area contributed by atoms with Crippen molar-refractivity contribution in [2.45, 2.75) is 296 Å². The fraction of sp³-hybridized carbons (Fsp3) is 0.825. The zero-order valence-electron chi connectivity index (χ0n) is 48.1. The van der Waals surface area contributed by atoms with Crippen molar-refractivity contribution < 1.29 is 32.9 Å². The van der Waals surface area contributed by atoms with E-state index in [-0.39, 0.29) is 19.1 Å². The van der Waals surface area contributed by atoms with Gasteiger partial charge in [0.25, 0.3) is 7.82 Å². The number of aliphatic hydroxyl groups excluding tert-OH is 1. The first-order valence-corrected chi connectivity index (χ1v) is 32.1. The van der Waals surface area contributed by atoms with Gasteiger partial charge >= 0.3 is 0 Å². The maximum atomic E-state index is 13.0. The number of quaternary nitrogens is 1. The number of aliphatic hydroxyl groups is 1. The number of phosphoric acid groups is 1. The molecule has 0 aromatic carbocycles. The summed E-state index contributed by atoms with van der Waals surface area (Å²) < 4.78 is 23.4. The summed E-state index contributed by atoms with van der Waals surface area (Å²) in [6.45, 7) is 4.57. The van der Waals surface area contributed by atoms with Crippen molar-refractivity contribution in [2.75, 3.05) is 40.9 Å². The van der Waals surface area contributed by atoms with Crippen molar-refractivity contribution >= 4 is 13.7 Å². The summed E-state index contributed by atoms with van der Waals surface area (Å²) in [5, 5.41) is 13.9. The van der Waals surface area contributed by atoms with Gasteiger partial charge in [0, 0.05) is 6.42 Å². The number of nitrogens with zero attached hydrogens (tertiary/aromatic N) is 1. The second-order valence-electron chi connectivity index (χ2n) is 22.0. The fourth-order valence-corrected chi connectivity index (χ4v) is 9.69. The minimum Gasteiger partial charge on any atom is -0.756 e. The Kier molecular flexibility index (Phi) is 52.7. The lowest BCUT2D eigenvalue weighted by Gasteiger charge is -2.29. The highest BCUT2D eigenvalue weighted by molar-refractivity contribution is 7.45. The number of unbranched alkanes of at least 4 members (excludes halogenated alkanes) is 35. The Morgan fingerprint density at radius 2 is 0.847 bits per heavy atom. The lowest BCUT2D eigenvalue weighted by atomic mass is 10.0. The number of carbonyl (C=O) groups excluding carboxylic acids is 1. The molecule has 0 aliphatic carbocycles. The van der Waals surface area contributed by atoms with E-state index in [2.05, 4.69) is 67.8 Å². The van der Waals surface area contributed by atoms with Crippen LogP contribution in [0, 0.1) is 0 Å². The summed E-state index contributed by atoms with van der Waals surface area (Å²) in [7, 11) is 1.27.